The number of hydrogen-bond donors (Lipinski definition) is 0. The van der Waals surface area contributed by atoms with E-state index in [0.29, 0.717) is 0 Å². The third kappa shape index (κ3) is 10.9. The van der Waals surface area contributed by atoms with Crippen molar-refractivity contribution in [2.75, 3.05) is 26.2 Å². The molecule has 0 saturated heterocycles. The van der Waals surface area contributed by atoms with Crippen molar-refractivity contribution >= 4 is 10.1 Å². The highest BCUT2D eigenvalue weighted by atomic mass is 32.2. The van der Waals surface area contributed by atoms with E-state index in [4.69, 9.17) is 0 Å². The molecule has 5 heteroatoms. The highest BCUT2D eigenvalue weighted by Gasteiger charge is 2.21. The van der Waals surface area contributed by atoms with Crippen LogP contribution in [0.2, 0.25) is 0 Å². The molecule has 0 amide bonds. The summed E-state index contributed by atoms with van der Waals surface area (Å²) in [6, 6.07) is 16.7. The van der Waals surface area contributed by atoms with Crippen LogP contribution in [0.3, 0.4) is 0 Å². The van der Waals surface area contributed by atoms with Crippen LogP contribution in [0.5, 0.6) is 0 Å². The molecule has 0 aromatic heterocycles. The normalized spacial score (nSPS) is 11.6. The van der Waals surface area contributed by atoms with Crippen molar-refractivity contribution in [1.82, 2.24) is 0 Å². The van der Waals surface area contributed by atoms with Gasteiger partial charge in [0.15, 0.2) is 0 Å². The quantitative estimate of drug-likeness (QED) is 0.229. The Hall–Kier alpha value is -1.69. The molecular weight excluding hydrogens is 406 g/mol. The Morgan fingerprint density at radius 3 is 1.87 bits per heavy atom. The van der Waals surface area contributed by atoms with Gasteiger partial charge < -0.3 is 9.04 Å². The predicted octanol–water partition coefficient (Wildman–Crippen LogP) is 5.96. The molecule has 4 nitrogen and oxygen atoms in total. The first-order valence-corrected chi connectivity index (χ1v) is 13.1. The lowest BCUT2D eigenvalue weighted by molar-refractivity contribution is -0.925. The van der Waals surface area contributed by atoms with E-state index in [-0.39, 0.29) is 4.90 Å². The minimum Gasteiger partial charge on any atom is -0.744 e. The van der Waals surface area contributed by atoms with E-state index < -0.39 is 10.1 Å². The summed E-state index contributed by atoms with van der Waals surface area (Å²) in [5.74, 6) is 0. The molecule has 31 heavy (non-hydrogen) atoms. The average molecular weight is 448 g/mol. The molecule has 0 spiro atoms. The third-order valence-electron chi connectivity index (χ3n) is 6.08. The van der Waals surface area contributed by atoms with E-state index in [9.17, 15) is 13.0 Å². The van der Waals surface area contributed by atoms with Gasteiger partial charge in [-0.15, -0.1) is 0 Å². The number of aryl methyl sites for hydroxylation is 2. The number of benzene rings is 2. The maximum atomic E-state index is 10.4. The summed E-state index contributed by atoms with van der Waals surface area (Å²) >= 11 is 0. The molecule has 0 aliphatic carbocycles. The van der Waals surface area contributed by atoms with Crippen LogP contribution in [0.1, 0.15) is 64.0 Å². The Labute approximate surface area is 190 Å². The van der Waals surface area contributed by atoms with Crippen LogP contribution in [0.4, 0.5) is 0 Å². The first-order valence-electron chi connectivity index (χ1n) is 11.7. The standard InChI is InChI=1S/C19H34N.C7H8O3S/c1-4-7-8-12-17-20(5-2,6-3)18-13-16-19-14-10-9-11-15-19;1-6-2-4-7(5-3-6)11(8,9)10/h9-11,14-15H,4-8,12-13,16-18H2,1-3H3;2-5H,1H3,(H,8,9,10)/q+1;/p-1. The largest absolute Gasteiger partial charge is 0.744 e. The molecule has 0 aliphatic heterocycles. The molecule has 0 bridgehead atoms. The summed E-state index contributed by atoms with van der Waals surface area (Å²) in [6.07, 6.45) is 8.11. The molecule has 0 atom stereocenters. The Morgan fingerprint density at radius 1 is 0.774 bits per heavy atom. The lowest BCUT2D eigenvalue weighted by atomic mass is 10.1. The SMILES string of the molecule is CCCCCC[N+](CC)(CC)CCCc1ccccc1.Cc1ccc(S(=O)(=O)[O-])cc1. The Bertz CT molecular complexity index is 813. The summed E-state index contributed by atoms with van der Waals surface area (Å²) in [5, 5.41) is 0. The number of unbranched alkanes of at least 4 members (excludes halogenated alkanes) is 3. The molecule has 0 radical (unpaired) electrons. The minimum atomic E-state index is -4.27. The molecule has 0 heterocycles. The van der Waals surface area contributed by atoms with Gasteiger partial charge in [-0.25, -0.2) is 8.42 Å². The van der Waals surface area contributed by atoms with Gasteiger partial charge in [0, 0.05) is 6.42 Å². The summed E-state index contributed by atoms with van der Waals surface area (Å²) in [4.78, 5) is -0.178. The van der Waals surface area contributed by atoms with E-state index in [1.54, 1.807) is 12.1 Å². The van der Waals surface area contributed by atoms with Crippen LogP contribution in [-0.2, 0) is 16.5 Å². The lowest BCUT2D eigenvalue weighted by Gasteiger charge is -2.37. The molecule has 0 unspecified atom stereocenters. The minimum absolute atomic E-state index is 0.178. The summed E-state index contributed by atoms with van der Waals surface area (Å²) in [7, 11) is -4.27. The van der Waals surface area contributed by atoms with Crippen LogP contribution in [0.15, 0.2) is 59.5 Å². The molecule has 2 aromatic rings. The Morgan fingerprint density at radius 2 is 1.35 bits per heavy atom. The van der Waals surface area contributed by atoms with Crippen molar-refractivity contribution in [3.05, 3.63) is 65.7 Å². The van der Waals surface area contributed by atoms with Gasteiger partial charge in [-0.1, -0.05) is 67.8 Å². The van der Waals surface area contributed by atoms with E-state index in [2.05, 4.69) is 51.1 Å². The Kier molecular flexibility index (Phi) is 12.7. The molecule has 0 fully saturated rings. The number of rotatable bonds is 12. The van der Waals surface area contributed by atoms with Crippen LogP contribution in [-0.4, -0.2) is 43.6 Å². The molecular formula is C26H41NO3S. The van der Waals surface area contributed by atoms with Crippen LogP contribution in [0.25, 0.3) is 0 Å². The van der Waals surface area contributed by atoms with Crippen molar-refractivity contribution in [3.8, 4) is 0 Å². The van der Waals surface area contributed by atoms with Crippen molar-refractivity contribution in [1.29, 1.82) is 0 Å². The van der Waals surface area contributed by atoms with Crippen LogP contribution < -0.4 is 0 Å². The predicted molar refractivity (Wildman–Crippen MR) is 129 cm³/mol. The highest BCUT2D eigenvalue weighted by Crippen LogP contribution is 2.14. The van der Waals surface area contributed by atoms with E-state index in [1.165, 1.54) is 86.9 Å². The topological polar surface area (TPSA) is 57.2 Å². The Balaban J connectivity index is 0.000000367. The van der Waals surface area contributed by atoms with Crippen LogP contribution in [0, 0.1) is 6.92 Å². The molecule has 174 valence electrons. The van der Waals surface area contributed by atoms with Crippen molar-refractivity contribution < 1.29 is 17.5 Å². The van der Waals surface area contributed by atoms with Crippen molar-refractivity contribution in [3.63, 3.8) is 0 Å². The summed E-state index contributed by atoms with van der Waals surface area (Å²) in [6.45, 7) is 14.1. The zero-order valence-corrected chi connectivity index (χ0v) is 20.7. The first-order chi connectivity index (χ1) is 14.8. The smallest absolute Gasteiger partial charge is 0.124 e. The fraction of sp³-hybridized carbons (Fsp3) is 0.538. The maximum Gasteiger partial charge on any atom is 0.124 e. The second-order valence-corrected chi connectivity index (χ2v) is 9.72. The second-order valence-electron chi connectivity index (χ2n) is 8.34. The number of hydrogen-bond acceptors (Lipinski definition) is 3. The van der Waals surface area contributed by atoms with Gasteiger partial charge in [-0.2, -0.15) is 0 Å². The fourth-order valence-electron chi connectivity index (χ4n) is 3.81. The summed E-state index contributed by atoms with van der Waals surface area (Å²) in [5.41, 5.74) is 2.42. The molecule has 2 aromatic carbocycles. The van der Waals surface area contributed by atoms with Crippen LogP contribution >= 0.6 is 0 Å². The lowest BCUT2D eigenvalue weighted by Crippen LogP contribution is -2.49. The zero-order valence-electron chi connectivity index (χ0n) is 19.8. The van der Waals surface area contributed by atoms with Gasteiger partial charge in [0.25, 0.3) is 0 Å². The van der Waals surface area contributed by atoms with Gasteiger partial charge in [0.05, 0.1) is 31.1 Å². The van der Waals surface area contributed by atoms with Gasteiger partial charge in [-0.3, -0.25) is 0 Å². The van der Waals surface area contributed by atoms with E-state index in [0.717, 1.165) is 5.56 Å². The number of quaternary nitrogens is 1. The molecule has 0 aliphatic rings. The highest BCUT2D eigenvalue weighted by molar-refractivity contribution is 7.85. The average Bonchev–Trinajstić information content (AvgIpc) is 2.76. The van der Waals surface area contributed by atoms with Crippen molar-refractivity contribution in [2.45, 2.75) is 71.1 Å². The zero-order chi connectivity index (χ0) is 23.2. The van der Waals surface area contributed by atoms with Crippen molar-refractivity contribution in [2.24, 2.45) is 0 Å². The monoisotopic (exact) mass is 447 g/mol. The van der Waals surface area contributed by atoms with E-state index in [1.807, 2.05) is 6.92 Å². The molecule has 0 N–H and O–H groups in total. The molecule has 0 saturated carbocycles. The van der Waals surface area contributed by atoms with Gasteiger partial charge in [-0.05, 0) is 57.7 Å². The maximum absolute atomic E-state index is 10.4. The number of nitrogens with zero attached hydrogens (tertiary/aromatic N) is 1. The van der Waals surface area contributed by atoms with Gasteiger partial charge >= 0.3 is 0 Å². The second kappa shape index (κ2) is 14.4. The molecule has 2 rings (SSSR count). The van der Waals surface area contributed by atoms with Gasteiger partial charge in [0.1, 0.15) is 10.1 Å². The fourth-order valence-corrected chi connectivity index (χ4v) is 4.28. The first kappa shape index (κ1) is 27.3. The third-order valence-corrected chi connectivity index (χ3v) is 6.93. The van der Waals surface area contributed by atoms with Gasteiger partial charge in [0.2, 0.25) is 0 Å². The summed E-state index contributed by atoms with van der Waals surface area (Å²) < 4.78 is 32.5. The van der Waals surface area contributed by atoms with E-state index >= 15 is 0 Å².